The first-order valence-electron chi connectivity index (χ1n) is 3.80. The molecule has 0 saturated heterocycles. The van der Waals surface area contributed by atoms with Crippen molar-refractivity contribution in [2.24, 2.45) is 0 Å². The Hall–Kier alpha value is -1.06. The molecule has 0 bridgehead atoms. The summed E-state index contributed by atoms with van der Waals surface area (Å²) in [6, 6.07) is -0.366. The summed E-state index contributed by atoms with van der Waals surface area (Å²) in [6.07, 6.45) is 0. The largest absolute Gasteiger partial charge is 0.333 e. The summed E-state index contributed by atoms with van der Waals surface area (Å²) in [5, 5.41) is 2.67. The van der Waals surface area contributed by atoms with E-state index in [9.17, 15) is 9.59 Å². The molecule has 0 aliphatic heterocycles. The van der Waals surface area contributed by atoms with Gasteiger partial charge in [-0.1, -0.05) is 0 Å². The van der Waals surface area contributed by atoms with Crippen LogP contribution in [0.25, 0.3) is 0 Å². The molecule has 0 saturated carbocycles. The molecule has 0 heterocycles. The fraction of sp³-hybridized carbons (Fsp3) is 0.750. The maximum Gasteiger partial charge on any atom is 0.324 e. The van der Waals surface area contributed by atoms with Gasteiger partial charge >= 0.3 is 6.03 Å². The first-order valence-corrected chi connectivity index (χ1v) is 3.80. The monoisotopic (exact) mass is 172 g/mol. The minimum absolute atomic E-state index is 0.267. The van der Waals surface area contributed by atoms with Crippen LogP contribution < -0.4 is 5.32 Å². The Morgan fingerprint density at radius 3 is 1.92 bits per heavy atom. The molecule has 1 N–H and O–H groups in total. The summed E-state index contributed by atoms with van der Waals surface area (Å²) in [5.74, 6) is -0.267. The molecule has 3 amide bonds. The zero-order chi connectivity index (χ0) is 9.94. The van der Waals surface area contributed by atoms with Crippen LogP contribution in [0, 0.1) is 0 Å². The molecule has 70 valence electrons. The summed E-state index contributed by atoms with van der Waals surface area (Å²) in [7, 11) is 1.45. The Balaban J connectivity index is 4.15. The van der Waals surface area contributed by atoms with E-state index in [2.05, 4.69) is 5.32 Å². The van der Waals surface area contributed by atoms with E-state index in [1.807, 2.05) is 20.8 Å². The third-order valence-electron chi connectivity index (χ3n) is 1.26. The minimum atomic E-state index is -0.366. The predicted molar refractivity (Wildman–Crippen MR) is 46.7 cm³/mol. The Morgan fingerprint density at radius 2 is 1.67 bits per heavy atom. The van der Waals surface area contributed by atoms with Crippen molar-refractivity contribution in [3.8, 4) is 0 Å². The van der Waals surface area contributed by atoms with Gasteiger partial charge in [0.2, 0.25) is 5.91 Å². The first kappa shape index (κ1) is 10.9. The molecule has 0 spiro atoms. The van der Waals surface area contributed by atoms with Crippen LogP contribution >= 0.6 is 0 Å². The van der Waals surface area contributed by atoms with E-state index >= 15 is 0 Å². The smallest absolute Gasteiger partial charge is 0.324 e. The summed E-state index contributed by atoms with van der Waals surface area (Å²) >= 11 is 0. The number of urea groups is 1. The van der Waals surface area contributed by atoms with Crippen molar-refractivity contribution in [2.45, 2.75) is 33.2 Å². The van der Waals surface area contributed by atoms with Crippen molar-refractivity contribution < 1.29 is 9.59 Å². The average Bonchev–Trinajstić information content (AvgIpc) is 1.82. The highest BCUT2D eigenvalue weighted by molar-refractivity contribution is 5.93. The van der Waals surface area contributed by atoms with Gasteiger partial charge in [0.05, 0.1) is 0 Å². The van der Waals surface area contributed by atoms with E-state index < -0.39 is 0 Å². The van der Waals surface area contributed by atoms with Crippen LogP contribution in [0.1, 0.15) is 27.7 Å². The van der Waals surface area contributed by atoms with Crippen LogP contribution in [0.4, 0.5) is 4.79 Å². The second kappa shape index (κ2) is 3.56. The molecular weight excluding hydrogens is 156 g/mol. The van der Waals surface area contributed by atoms with Gasteiger partial charge < -0.3 is 5.32 Å². The number of imide groups is 1. The lowest BCUT2D eigenvalue weighted by Gasteiger charge is -2.23. The predicted octanol–water partition coefficient (Wildman–Crippen LogP) is 0.973. The standard InChI is InChI=1S/C8H16N2O2/c1-6(11)10(5)7(12)9-8(2,3)4/h1-5H3,(H,9,12). The maximum absolute atomic E-state index is 11.2. The molecule has 0 rings (SSSR count). The highest BCUT2D eigenvalue weighted by atomic mass is 16.2. The fourth-order valence-corrected chi connectivity index (χ4v) is 0.548. The minimum Gasteiger partial charge on any atom is -0.333 e. The number of carbonyl (C=O) groups is 2. The van der Waals surface area contributed by atoms with Gasteiger partial charge in [-0.3, -0.25) is 9.69 Å². The molecule has 0 aromatic heterocycles. The van der Waals surface area contributed by atoms with Gasteiger partial charge in [0, 0.05) is 19.5 Å². The molecule has 0 aliphatic carbocycles. The van der Waals surface area contributed by atoms with Crippen LogP contribution in [-0.2, 0) is 4.79 Å². The van der Waals surface area contributed by atoms with Crippen molar-refractivity contribution in [3.05, 3.63) is 0 Å². The van der Waals surface area contributed by atoms with Crippen LogP contribution in [0.2, 0.25) is 0 Å². The van der Waals surface area contributed by atoms with Gasteiger partial charge in [-0.25, -0.2) is 4.79 Å². The third-order valence-corrected chi connectivity index (χ3v) is 1.26. The number of hydrogen-bond donors (Lipinski definition) is 1. The molecule has 4 heteroatoms. The molecule has 4 nitrogen and oxygen atoms in total. The number of nitrogens with one attached hydrogen (secondary N) is 1. The van der Waals surface area contributed by atoms with Gasteiger partial charge in [0.1, 0.15) is 0 Å². The number of amides is 3. The van der Waals surface area contributed by atoms with E-state index in [4.69, 9.17) is 0 Å². The summed E-state index contributed by atoms with van der Waals surface area (Å²) in [6.45, 7) is 6.93. The average molecular weight is 172 g/mol. The van der Waals surface area contributed by atoms with E-state index in [-0.39, 0.29) is 17.5 Å². The van der Waals surface area contributed by atoms with Gasteiger partial charge in [-0.05, 0) is 20.8 Å². The Morgan fingerprint density at radius 1 is 1.25 bits per heavy atom. The SMILES string of the molecule is CC(=O)N(C)C(=O)NC(C)(C)C. The Bertz CT molecular complexity index is 194. The van der Waals surface area contributed by atoms with Crippen molar-refractivity contribution >= 4 is 11.9 Å². The normalized spacial score (nSPS) is 10.8. The molecule has 0 aliphatic rings. The highest BCUT2D eigenvalue weighted by Gasteiger charge is 2.18. The molecule has 0 atom stereocenters. The molecule has 0 aromatic rings. The van der Waals surface area contributed by atoms with Crippen LogP contribution in [0.5, 0.6) is 0 Å². The number of carbonyl (C=O) groups excluding carboxylic acids is 2. The molecule has 0 radical (unpaired) electrons. The summed E-state index contributed by atoms with van der Waals surface area (Å²) in [4.78, 5) is 23.0. The molecule has 0 unspecified atom stereocenters. The second-order valence-electron chi connectivity index (χ2n) is 3.76. The topological polar surface area (TPSA) is 49.4 Å². The third kappa shape index (κ3) is 3.95. The molecule has 12 heavy (non-hydrogen) atoms. The summed E-state index contributed by atoms with van der Waals surface area (Å²) < 4.78 is 0. The highest BCUT2D eigenvalue weighted by Crippen LogP contribution is 1.99. The maximum atomic E-state index is 11.2. The lowest BCUT2D eigenvalue weighted by atomic mass is 10.1. The quantitative estimate of drug-likeness (QED) is 0.592. The van der Waals surface area contributed by atoms with Gasteiger partial charge in [0.15, 0.2) is 0 Å². The van der Waals surface area contributed by atoms with Gasteiger partial charge in [-0.2, -0.15) is 0 Å². The van der Waals surface area contributed by atoms with Gasteiger partial charge in [-0.15, -0.1) is 0 Å². The molecular formula is C8H16N2O2. The van der Waals surface area contributed by atoms with Crippen LogP contribution in [0.15, 0.2) is 0 Å². The fourth-order valence-electron chi connectivity index (χ4n) is 0.548. The number of hydrogen-bond acceptors (Lipinski definition) is 2. The lowest BCUT2D eigenvalue weighted by Crippen LogP contribution is -2.48. The number of rotatable bonds is 0. The zero-order valence-electron chi connectivity index (χ0n) is 8.26. The molecule has 0 fully saturated rings. The van der Waals surface area contributed by atoms with E-state index in [1.54, 1.807) is 0 Å². The van der Waals surface area contributed by atoms with Crippen LogP contribution in [0.3, 0.4) is 0 Å². The first-order chi connectivity index (χ1) is 5.24. The Labute approximate surface area is 72.9 Å². The zero-order valence-corrected chi connectivity index (χ0v) is 8.26. The van der Waals surface area contributed by atoms with E-state index in [1.165, 1.54) is 14.0 Å². The summed E-state index contributed by atoms with van der Waals surface area (Å²) in [5.41, 5.74) is -0.305. The van der Waals surface area contributed by atoms with Crippen molar-refractivity contribution in [2.75, 3.05) is 7.05 Å². The Kier molecular flexibility index (Phi) is 3.24. The van der Waals surface area contributed by atoms with Gasteiger partial charge in [0.25, 0.3) is 0 Å². The molecule has 0 aromatic carbocycles. The van der Waals surface area contributed by atoms with Crippen LogP contribution in [-0.4, -0.2) is 29.4 Å². The van der Waals surface area contributed by atoms with E-state index in [0.29, 0.717) is 0 Å². The van der Waals surface area contributed by atoms with E-state index in [0.717, 1.165) is 4.90 Å². The van der Waals surface area contributed by atoms with Crippen molar-refractivity contribution in [1.82, 2.24) is 10.2 Å². The van der Waals surface area contributed by atoms with Crippen molar-refractivity contribution in [3.63, 3.8) is 0 Å². The number of nitrogens with zero attached hydrogens (tertiary/aromatic N) is 1. The van der Waals surface area contributed by atoms with Crippen molar-refractivity contribution in [1.29, 1.82) is 0 Å². The second-order valence-corrected chi connectivity index (χ2v) is 3.76. The lowest BCUT2D eigenvalue weighted by molar-refractivity contribution is -0.125.